The van der Waals surface area contributed by atoms with E-state index < -0.39 is 5.92 Å². The molecule has 1 saturated heterocycles. The normalized spacial score (nSPS) is 14.6. The highest BCUT2D eigenvalue weighted by Crippen LogP contribution is 2.32. The number of likely N-dealkylation sites (N-methyl/N-ethyl adjacent to an activating group) is 1. The summed E-state index contributed by atoms with van der Waals surface area (Å²) in [5, 5.41) is 8.20. The number of alkyl halides is 2. The Labute approximate surface area is 234 Å². The zero-order valence-electron chi connectivity index (χ0n) is 24.3. The molecule has 0 radical (unpaired) electrons. The van der Waals surface area contributed by atoms with E-state index in [0.717, 1.165) is 12.1 Å². The number of carbonyl (C=O) groups is 1. The van der Waals surface area contributed by atoms with Crippen molar-refractivity contribution in [1.29, 1.82) is 0 Å². The van der Waals surface area contributed by atoms with Gasteiger partial charge < -0.3 is 30.1 Å². The first kappa shape index (κ1) is 34.3. The first-order valence-corrected chi connectivity index (χ1v) is 13.3. The first-order valence-electron chi connectivity index (χ1n) is 13.3. The number of nitrogens with zero attached hydrogens (tertiary/aromatic N) is 5. The zero-order valence-corrected chi connectivity index (χ0v) is 24.3. The van der Waals surface area contributed by atoms with Crippen LogP contribution in [-0.4, -0.2) is 63.8 Å². The van der Waals surface area contributed by atoms with Gasteiger partial charge in [0.15, 0.2) is 0 Å². The molecule has 0 saturated carbocycles. The molecule has 0 bridgehead atoms. The van der Waals surface area contributed by atoms with E-state index >= 15 is 0 Å². The highest BCUT2D eigenvalue weighted by molar-refractivity contribution is 5.65. The second kappa shape index (κ2) is 16.4. The molecule has 1 fully saturated rings. The summed E-state index contributed by atoms with van der Waals surface area (Å²) in [5.74, 6) is 3.28. The van der Waals surface area contributed by atoms with Crippen molar-refractivity contribution < 1.29 is 23.4 Å². The molecule has 0 aromatic carbocycles. The Bertz CT molecular complexity index is 1190. The molecule has 40 heavy (non-hydrogen) atoms. The quantitative estimate of drug-likeness (QED) is 0.234. The molecule has 1 aliphatic heterocycles. The SMILES string of the molecule is CC.CCCc1cn(C)c(=O)c(OC/C(=C(/N)c2ccc(N3CCCC(F)(F)C3)c(CC)n2)N(C)N)n1.O=CO. The molecule has 2 aromatic rings. The molecule has 3 rings (SSSR count). The van der Waals surface area contributed by atoms with Crippen LogP contribution in [0.4, 0.5) is 14.5 Å². The number of rotatable bonds is 9. The van der Waals surface area contributed by atoms with E-state index in [9.17, 15) is 13.6 Å². The van der Waals surface area contributed by atoms with E-state index in [0.29, 0.717) is 48.6 Å². The molecular weight excluding hydrogens is 524 g/mol. The van der Waals surface area contributed by atoms with Crippen LogP contribution in [0.15, 0.2) is 28.8 Å². The van der Waals surface area contributed by atoms with Gasteiger partial charge >= 0.3 is 5.56 Å². The lowest BCUT2D eigenvalue weighted by molar-refractivity contribution is -0.122. The molecule has 11 nitrogen and oxygen atoms in total. The van der Waals surface area contributed by atoms with Crippen molar-refractivity contribution in [2.24, 2.45) is 18.6 Å². The van der Waals surface area contributed by atoms with Crippen molar-refractivity contribution in [2.75, 3.05) is 31.6 Å². The summed E-state index contributed by atoms with van der Waals surface area (Å²) < 4.78 is 35.1. The highest BCUT2D eigenvalue weighted by Gasteiger charge is 2.36. The predicted molar refractivity (Wildman–Crippen MR) is 152 cm³/mol. The molecule has 224 valence electrons. The second-order valence-corrected chi connectivity index (χ2v) is 8.97. The molecule has 0 aliphatic carbocycles. The highest BCUT2D eigenvalue weighted by atomic mass is 19.3. The second-order valence-electron chi connectivity index (χ2n) is 8.97. The van der Waals surface area contributed by atoms with Crippen molar-refractivity contribution in [2.45, 2.75) is 65.7 Å². The number of hydrogen-bond donors (Lipinski definition) is 3. The number of piperidine rings is 1. The van der Waals surface area contributed by atoms with Gasteiger partial charge in [0, 0.05) is 33.3 Å². The van der Waals surface area contributed by atoms with Gasteiger partial charge in [-0.05, 0) is 31.4 Å². The van der Waals surface area contributed by atoms with Gasteiger partial charge in [-0.2, -0.15) is 0 Å². The Balaban J connectivity index is 0.00000150. The molecule has 13 heteroatoms. The van der Waals surface area contributed by atoms with Gasteiger partial charge in [0.25, 0.3) is 18.3 Å². The molecule has 0 amide bonds. The van der Waals surface area contributed by atoms with Crippen LogP contribution in [-0.2, 0) is 24.7 Å². The molecule has 0 spiro atoms. The fraction of sp³-hybridized carbons (Fsp3) is 0.556. The van der Waals surface area contributed by atoms with Crippen molar-refractivity contribution in [3.8, 4) is 5.88 Å². The molecule has 5 N–H and O–H groups in total. The number of hydrogen-bond acceptors (Lipinski definition) is 9. The van der Waals surface area contributed by atoms with E-state index in [-0.39, 0.29) is 43.2 Å². The number of anilines is 1. The van der Waals surface area contributed by atoms with Crippen LogP contribution < -0.4 is 26.8 Å². The molecule has 0 unspecified atom stereocenters. The van der Waals surface area contributed by atoms with Gasteiger partial charge in [0.05, 0.1) is 40.7 Å². The fourth-order valence-electron chi connectivity index (χ4n) is 4.13. The van der Waals surface area contributed by atoms with E-state index in [1.54, 1.807) is 37.3 Å². The smallest absolute Gasteiger partial charge is 0.313 e. The third kappa shape index (κ3) is 9.47. The zero-order chi connectivity index (χ0) is 30.5. The van der Waals surface area contributed by atoms with Crippen molar-refractivity contribution in [3.63, 3.8) is 0 Å². The average Bonchev–Trinajstić information content (AvgIpc) is 2.91. The minimum Gasteiger partial charge on any atom is -0.483 e. The molecular formula is C27H43F2N7O4. The maximum Gasteiger partial charge on any atom is 0.313 e. The third-order valence-electron chi connectivity index (χ3n) is 5.97. The van der Waals surface area contributed by atoms with Crippen LogP contribution in [0.25, 0.3) is 5.70 Å². The number of halogens is 2. The molecule has 3 heterocycles. The van der Waals surface area contributed by atoms with Crippen LogP contribution in [0.2, 0.25) is 0 Å². The number of carboxylic acid groups (broad SMARTS) is 1. The number of nitrogens with two attached hydrogens (primary N) is 2. The van der Waals surface area contributed by atoms with Crippen LogP contribution in [0.5, 0.6) is 5.88 Å². The van der Waals surface area contributed by atoms with Crippen molar-refractivity contribution in [3.05, 3.63) is 51.5 Å². The average molecular weight is 568 g/mol. The Hall–Kier alpha value is -3.74. The lowest BCUT2D eigenvalue weighted by atomic mass is 10.1. The van der Waals surface area contributed by atoms with Gasteiger partial charge in [0.1, 0.15) is 6.61 Å². The summed E-state index contributed by atoms with van der Waals surface area (Å²) in [4.78, 5) is 31.5. The van der Waals surface area contributed by atoms with E-state index in [4.69, 9.17) is 26.2 Å². The van der Waals surface area contributed by atoms with Gasteiger partial charge in [-0.25, -0.2) is 24.6 Å². The minimum absolute atomic E-state index is 0.0332. The van der Waals surface area contributed by atoms with Gasteiger partial charge in [-0.15, -0.1) is 0 Å². The Morgan fingerprint density at radius 3 is 2.48 bits per heavy atom. The predicted octanol–water partition coefficient (Wildman–Crippen LogP) is 3.16. The number of pyridine rings is 1. The van der Waals surface area contributed by atoms with E-state index in [2.05, 4.69) is 9.97 Å². The lowest BCUT2D eigenvalue weighted by Crippen LogP contribution is -2.43. The summed E-state index contributed by atoms with van der Waals surface area (Å²) in [5.41, 5.74) is 9.28. The molecule has 2 aromatic heterocycles. The number of ether oxygens (including phenoxy) is 1. The standard InChI is InChI=1S/C24H35F2N7O2.C2H6.CH2O2/c1-5-8-16-13-31(3)23(34)22(29-16)35-14-20(32(4)28)21(27)18-9-10-19(17(6-2)30-18)33-12-7-11-24(25,26)15-33;1-2;2-1-3/h9-10,13H,5-8,11-12,14-15,27-28H2,1-4H3;1-2H3;1H,(H,2,3)/b21-20-;;. The monoisotopic (exact) mass is 567 g/mol. The van der Waals surface area contributed by atoms with Crippen molar-refractivity contribution >= 4 is 17.9 Å². The third-order valence-corrected chi connectivity index (χ3v) is 5.97. The Kier molecular flexibility index (Phi) is 14.0. The minimum atomic E-state index is -2.72. The summed E-state index contributed by atoms with van der Waals surface area (Å²) >= 11 is 0. The maximum atomic E-state index is 14.0. The van der Waals surface area contributed by atoms with Gasteiger partial charge in [-0.3, -0.25) is 9.59 Å². The molecule has 0 atom stereocenters. The number of aryl methyl sites for hydroxylation is 3. The first-order chi connectivity index (χ1) is 19.0. The Morgan fingerprint density at radius 1 is 1.27 bits per heavy atom. The van der Waals surface area contributed by atoms with Gasteiger partial charge in [0.2, 0.25) is 0 Å². The van der Waals surface area contributed by atoms with Crippen LogP contribution in [0.1, 0.15) is 64.0 Å². The largest absolute Gasteiger partial charge is 0.483 e. The lowest BCUT2D eigenvalue weighted by Gasteiger charge is -2.35. The van der Waals surface area contributed by atoms with Crippen LogP contribution in [0, 0.1) is 0 Å². The van der Waals surface area contributed by atoms with Crippen LogP contribution in [0.3, 0.4) is 0 Å². The topological polar surface area (TPSA) is 153 Å². The van der Waals surface area contributed by atoms with Crippen molar-refractivity contribution in [1.82, 2.24) is 19.5 Å². The van der Waals surface area contributed by atoms with E-state index in [1.807, 2.05) is 27.7 Å². The fourth-order valence-corrected chi connectivity index (χ4v) is 4.13. The summed E-state index contributed by atoms with van der Waals surface area (Å²) in [7, 11) is 3.25. The van der Waals surface area contributed by atoms with Crippen LogP contribution >= 0.6 is 0 Å². The summed E-state index contributed by atoms with van der Waals surface area (Å²) in [6.45, 7) is 7.83. The summed E-state index contributed by atoms with van der Waals surface area (Å²) in [6, 6.07) is 3.47. The maximum absolute atomic E-state index is 14.0. The summed E-state index contributed by atoms with van der Waals surface area (Å²) in [6.07, 6.45) is 4.15. The van der Waals surface area contributed by atoms with Gasteiger partial charge in [-0.1, -0.05) is 34.1 Å². The number of aromatic nitrogens is 3. The molecule has 1 aliphatic rings. The number of hydrazine groups is 1. The van der Waals surface area contributed by atoms with E-state index in [1.165, 1.54) is 9.58 Å². The Morgan fingerprint density at radius 2 is 1.93 bits per heavy atom.